The monoisotopic (exact) mass is 334 g/mol. The molecular weight excluding hydrogens is 323 g/mol. The molecule has 0 aliphatic heterocycles. The molecule has 20 heavy (non-hydrogen) atoms. The molecular formula is C16H12BrFO2. The number of benzene rings is 2. The Hall–Kier alpha value is -1.65. The van der Waals surface area contributed by atoms with Crippen LogP contribution in [0.2, 0.25) is 0 Å². The second kappa shape index (κ2) is 5.04. The van der Waals surface area contributed by atoms with Crippen molar-refractivity contribution >= 4 is 26.9 Å². The standard InChI is InChI=1S/C16H12BrFO2/c1-9-2-5-14-11(6-9)8-15(20-14)16(19)10-3-4-13(18)12(17)7-10/h2-8,16,19H,1H3. The lowest BCUT2D eigenvalue weighted by Crippen LogP contribution is -1.98. The molecule has 1 aromatic heterocycles. The molecule has 0 amide bonds. The zero-order valence-electron chi connectivity index (χ0n) is 10.7. The second-order valence-electron chi connectivity index (χ2n) is 4.77. The summed E-state index contributed by atoms with van der Waals surface area (Å²) in [5.41, 5.74) is 2.43. The smallest absolute Gasteiger partial charge is 0.138 e. The van der Waals surface area contributed by atoms with Crippen molar-refractivity contribution in [3.63, 3.8) is 0 Å². The van der Waals surface area contributed by atoms with Gasteiger partial charge in [0.15, 0.2) is 0 Å². The van der Waals surface area contributed by atoms with Gasteiger partial charge in [0.2, 0.25) is 0 Å². The predicted octanol–water partition coefficient (Wildman–Crippen LogP) is 4.72. The molecule has 3 rings (SSSR count). The Bertz CT molecular complexity index is 779. The topological polar surface area (TPSA) is 33.4 Å². The fourth-order valence-electron chi connectivity index (χ4n) is 2.16. The van der Waals surface area contributed by atoms with E-state index in [1.807, 2.05) is 31.2 Å². The Morgan fingerprint density at radius 3 is 2.70 bits per heavy atom. The molecule has 1 heterocycles. The van der Waals surface area contributed by atoms with Crippen LogP contribution >= 0.6 is 15.9 Å². The minimum atomic E-state index is -0.917. The van der Waals surface area contributed by atoms with Crippen molar-refractivity contribution in [3.05, 3.63) is 69.6 Å². The first kappa shape index (κ1) is 13.3. The third-order valence-electron chi connectivity index (χ3n) is 3.22. The highest BCUT2D eigenvalue weighted by Crippen LogP contribution is 2.30. The summed E-state index contributed by atoms with van der Waals surface area (Å²) in [6.07, 6.45) is -0.917. The summed E-state index contributed by atoms with van der Waals surface area (Å²) in [4.78, 5) is 0. The fraction of sp³-hybridized carbons (Fsp3) is 0.125. The van der Waals surface area contributed by atoms with Crippen molar-refractivity contribution in [1.29, 1.82) is 0 Å². The normalized spacial score (nSPS) is 12.8. The van der Waals surface area contributed by atoms with Crippen LogP contribution < -0.4 is 0 Å². The first-order valence-electron chi connectivity index (χ1n) is 6.18. The van der Waals surface area contributed by atoms with Crippen molar-refractivity contribution in [1.82, 2.24) is 0 Å². The van der Waals surface area contributed by atoms with Gasteiger partial charge in [-0.3, -0.25) is 0 Å². The zero-order valence-corrected chi connectivity index (χ0v) is 12.3. The zero-order chi connectivity index (χ0) is 14.3. The van der Waals surface area contributed by atoms with Crippen LogP contribution in [0.5, 0.6) is 0 Å². The number of hydrogen-bond acceptors (Lipinski definition) is 2. The summed E-state index contributed by atoms with van der Waals surface area (Å²) in [6, 6.07) is 12.1. The summed E-state index contributed by atoms with van der Waals surface area (Å²) in [5, 5.41) is 11.3. The molecule has 0 radical (unpaired) electrons. The van der Waals surface area contributed by atoms with E-state index in [2.05, 4.69) is 15.9 Å². The molecule has 1 unspecified atom stereocenters. The Morgan fingerprint density at radius 2 is 1.95 bits per heavy atom. The number of aliphatic hydroxyl groups is 1. The molecule has 0 saturated heterocycles. The minimum absolute atomic E-state index is 0.320. The van der Waals surface area contributed by atoms with E-state index < -0.39 is 6.10 Å². The van der Waals surface area contributed by atoms with Gasteiger partial charge in [0.05, 0.1) is 4.47 Å². The van der Waals surface area contributed by atoms with Gasteiger partial charge in [-0.25, -0.2) is 4.39 Å². The number of aryl methyl sites for hydroxylation is 1. The van der Waals surface area contributed by atoms with E-state index in [4.69, 9.17) is 4.42 Å². The number of aliphatic hydroxyl groups excluding tert-OH is 1. The van der Waals surface area contributed by atoms with Crippen molar-refractivity contribution in [3.8, 4) is 0 Å². The highest BCUT2D eigenvalue weighted by atomic mass is 79.9. The van der Waals surface area contributed by atoms with Crippen LogP contribution in [0.3, 0.4) is 0 Å². The predicted molar refractivity (Wildman–Crippen MR) is 79.1 cm³/mol. The van der Waals surface area contributed by atoms with E-state index in [1.165, 1.54) is 6.07 Å². The van der Waals surface area contributed by atoms with Crippen molar-refractivity contribution < 1.29 is 13.9 Å². The van der Waals surface area contributed by atoms with Crippen LogP contribution in [0.15, 0.2) is 51.4 Å². The lowest BCUT2D eigenvalue weighted by molar-refractivity contribution is 0.192. The molecule has 0 fully saturated rings. The number of furan rings is 1. The van der Waals surface area contributed by atoms with Crippen LogP contribution in [-0.2, 0) is 0 Å². The highest BCUT2D eigenvalue weighted by Gasteiger charge is 2.16. The molecule has 2 aromatic carbocycles. The molecule has 0 bridgehead atoms. The summed E-state index contributed by atoms with van der Waals surface area (Å²) < 4.78 is 19.2. The molecule has 0 aliphatic rings. The van der Waals surface area contributed by atoms with E-state index in [9.17, 15) is 9.50 Å². The minimum Gasteiger partial charge on any atom is -0.458 e. The van der Waals surface area contributed by atoms with E-state index in [1.54, 1.807) is 12.1 Å². The third-order valence-corrected chi connectivity index (χ3v) is 3.83. The van der Waals surface area contributed by atoms with E-state index in [0.29, 0.717) is 15.8 Å². The molecule has 3 aromatic rings. The largest absolute Gasteiger partial charge is 0.458 e. The molecule has 0 saturated carbocycles. The summed E-state index contributed by atoms with van der Waals surface area (Å²) in [7, 11) is 0. The van der Waals surface area contributed by atoms with Crippen LogP contribution in [-0.4, -0.2) is 5.11 Å². The average molecular weight is 335 g/mol. The molecule has 0 aliphatic carbocycles. The van der Waals surface area contributed by atoms with Crippen molar-refractivity contribution in [2.75, 3.05) is 0 Å². The molecule has 0 spiro atoms. The first-order chi connectivity index (χ1) is 9.54. The lowest BCUT2D eigenvalue weighted by atomic mass is 10.1. The molecule has 1 atom stereocenters. The van der Waals surface area contributed by atoms with Crippen LogP contribution in [0, 0.1) is 12.7 Å². The highest BCUT2D eigenvalue weighted by molar-refractivity contribution is 9.10. The van der Waals surface area contributed by atoms with Crippen LogP contribution in [0.1, 0.15) is 23.0 Å². The summed E-state index contributed by atoms with van der Waals surface area (Å²) in [6.45, 7) is 2.00. The van der Waals surface area contributed by atoms with E-state index in [0.717, 1.165) is 16.5 Å². The molecule has 102 valence electrons. The van der Waals surface area contributed by atoms with Crippen LogP contribution in [0.4, 0.5) is 4.39 Å². The van der Waals surface area contributed by atoms with E-state index >= 15 is 0 Å². The van der Waals surface area contributed by atoms with Gasteiger partial charge < -0.3 is 9.52 Å². The Balaban J connectivity index is 2.02. The van der Waals surface area contributed by atoms with Crippen molar-refractivity contribution in [2.24, 2.45) is 0 Å². The first-order valence-corrected chi connectivity index (χ1v) is 6.97. The average Bonchev–Trinajstić information content (AvgIpc) is 2.84. The Labute approximate surface area is 124 Å². The van der Waals surface area contributed by atoms with Gasteiger partial charge in [-0.1, -0.05) is 17.7 Å². The van der Waals surface area contributed by atoms with Gasteiger partial charge in [-0.05, 0) is 58.7 Å². The lowest BCUT2D eigenvalue weighted by Gasteiger charge is -2.08. The quantitative estimate of drug-likeness (QED) is 0.735. The van der Waals surface area contributed by atoms with Gasteiger partial charge in [0.1, 0.15) is 23.3 Å². The summed E-state index contributed by atoms with van der Waals surface area (Å²) >= 11 is 3.11. The maximum Gasteiger partial charge on any atom is 0.138 e. The van der Waals surface area contributed by atoms with Gasteiger partial charge in [-0.15, -0.1) is 0 Å². The Morgan fingerprint density at radius 1 is 1.15 bits per heavy atom. The SMILES string of the molecule is Cc1ccc2oc(C(O)c3ccc(F)c(Br)c3)cc2c1. The molecule has 1 N–H and O–H groups in total. The molecule has 4 heteroatoms. The third kappa shape index (κ3) is 2.37. The van der Waals surface area contributed by atoms with E-state index in [-0.39, 0.29) is 5.82 Å². The number of halogens is 2. The van der Waals surface area contributed by atoms with Gasteiger partial charge in [0.25, 0.3) is 0 Å². The fourth-order valence-corrected chi connectivity index (χ4v) is 2.56. The number of fused-ring (bicyclic) bond motifs is 1. The number of rotatable bonds is 2. The maximum atomic E-state index is 13.2. The Kier molecular flexibility index (Phi) is 3.36. The number of hydrogen-bond donors (Lipinski definition) is 1. The van der Waals surface area contributed by atoms with Crippen molar-refractivity contribution in [2.45, 2.75) is 13.0 Å². The summed E-state index contributed by atoms with van der Waals surface area (Å²) in [5.74, 6) is 0.0882. The van der Waals surface area contributed by atoms with Gasteiger partial charge >= 0.3 is 0 Å². The maximum absolute atomic E-state index is 13.2. The second-order valence-corrected chi connectivity index (χ2v) is 5.62. The van der Waals surface area contributed by atoms with Gasteiger partial charge in [0, 0.05) is 5.39 Å². The molecule has 2 nitrogen and oxygen atoms in total. The van der Waals surface area contributed by atoms with Crippen LogP contribution in [0.25, 0.3) is 11.0 Å². The van der Waals surface area contributed by atoms with Gasteiger partial charge in [-0.2, -0.15) is 0 Å².